The second-order valence-corrected chi connectivity index (χ2v) is 5.55. The molecule has 18 heavy (non-hydrogen) atoms. The SMILES string of the molecule is CCn1nc(C)c2c1CCc1cc(C(=O)O)sc1-2. The van der Waals surface area contributed by atoms with E-state index in [-0.39, 0.29) is 0 Å². The van der Waals surface area contributed by atoms with Crippen molar-refractivity contribution in [1.82, 2.24) is 9.78 Å². The summed E-state index contributed by atoms with van der Waals surface area (Å²) in [5, 5.41) is 13.6. The molecule has 2 heterocycles. The van der Waals surface area contributed by atoms with Crippen molar-refractivity contribution in [3.63, 3.8) is 0 Å². The highest BCUT2D eigenvalue weighted by atomic mass is 32.1. The van der Waals surface area contributed by atoms with E-state index in [1.807, 2.05) is 17.7 Å². The van der Waals surface area contributed by atoms with Gasteiger partial charge in [-0.05, 0) is 38.3 Å². The molecular formula is C13H14N2O2S. The van der Waals surface area contributed by atoms with Crippen molar-refractivity contribution in [2.24, 2.45) is 0 Å². The molecule has 0 saturated heterocycles. The van der Waals surface area contributed by atoms with Crippen LogP contribution in [0, 0.1) is 6.92 Å². The molecule has 1 aliphatic carbocycles. The molecule has 0 saturated carbocycles. The molecular weight excluding hydrogens is 248 g/mol. The second kappa shape index (κ2) is 3.95. The standard InChI is InChI=1S/C13H14N2O2S/c1-3-15-9-5-4-8-6-10(13(16)17)18-12(8)11(9)7(2)14-15/h6H,3-5H2,1-2H3,(H,16,17). The molecule has 0 aromatic carbocycles. The Morgan fingerprint density at radius 1 is 1.56 bits per heavy atom. The van der Waals surface area contributed by atoms with Gasteiger partial charge in [-0.3, -0.25) is 4.68 Å². The third-order valence-corrected chi connectivity index (χ3v) is 4.59. The van der Waals surface area contributed by atoms with E-state index in [0.29, 0.717) is 4.88 Å². The van der Waals surface area contributed by atoms with E-state index in [2.05, 4.69) is 12.0 Å². The largest absolute Gasteiger partial charge is 0.477 e. The fourth-order valence-electron chi connectivity index (χ4n) is 2.62. The first kappa shape index (κ1) is 11.5. The number of aryl methyl sites for hydroxylation is 3. The number of carbonyl (C=O) groups is 1. The molecule has 5 heteroatoms. The molecule has 0 atom stereocenters. The molecule has 94 valence electrons. The van der Waals surface area contributed by atoms with Gasteiger partial charge in [-0.2, -0.15) is 5.10 Å². The maximum atomic E-state index is 11.1. The van der Waals surface area contributed by atoms with Crippen LogP contribution >= 0.6 is 11.3 Å². The summed E-state index contributed by atoms with van der Waals surface area (Å²) in [6.07, 6.45) is 1.87. The molecule has 2 aromatic heterocycles. The maximum absolute atomic E-state index is 11.1. The third kappa shape index (κ3) is 1.50. The molecule has 3 rings (SSSR count). The minimum absolute atomic E-state index is 0.427. The summed E-state index contributed by atoms with van der Waals surface area (Å²) in [5.74, 6) is -0.837. The van der Waals surface area contributed by atoms with Gasteiger partial charge in [0.1, 0.15) is 4.88 Å². The van der Waals surface area contributed by atoms with Crippen LogP contribution in [0.15, 0.2) is 6.07 Å². The predicted octanol–water partition coefficient (Wildman–Crippen LogP) is 2.74. The molecule has 0 bridgehead atoms. The smallest absolute Gasteiger partial charge is 0.345 e. The number of hydrogen-bond acceptors (Lipinski definition) is 3. The number of nitrogens with zero attached hydrogens (tertiary/aromatic N) is 2. The van der Waals surface area contributed by atoms with Crippen molar-refractivity contribution >= 4 is 17.3 Å². The van der Waals surface area contributed by atoms with E-state index in [4.69, 9.17) is 5.11 Å². The Labute approximate surface area is 109 Å². The van der Waals surface area contributed by atoms with E-state index in [1.54, 1.807) is 0 Å². The minimum Gasteiger partial charge on any atom is -0.477 e. The zero-order valence-corrected chi connectivity index (χ0v) is 11.2. The minimum atomic E-state index is -0.837. The normalized spacial score (nSPS) is 13.2. The first-order chi connectivity index (χ1) is 8.61. The highest BCUT2D eigenvalue weighted by Gasteiger charge is 2.26. The van der Waals surface area contributed by atoms with Crippen molar-refractivity contribution in [2.75, 3.05) is 0 Å². The molecule has 1 N–H and O–H groups in total. The first-order valence-electron chi connectivity index (χ1n) is 6.04. The van der Waals surface area contributed by atoms with E-state index >= 15 is 0 Å². The van der Waals surface area contributed by atoms with Gasteiger partial charge < -0.3 is 5.11 Å². The number of hydrogen-bond donors (Lipinski definition) is 1. The molecule has 0 spiro atoms. The number of aromatic nitrogens is 2. The molecule has 1 aliphatic rings. The monoisotopic (exact) mass is 262 g/mol. The molecule has 0 radical (unpaired) electrons. The fourth-order valence-corrected chi connectivity index (χ4v) is 3.79. The van der Waals surface area contributed by atoms with Crippen LogP contribution in [0.2, 0.25) is 0 Å². The lowest BCUT2D eigenvalue weighted by molar-refractivity contribution is 0.0702. The summed E-state index contributed by atoms with van der Waals surface area (Å²) in [6, 6.07) is 1.81. The highest BCUT2D eigenvalue weighted by Crippen LogP contribution is 2.41. The summed E-state index contributed by atoms with van der Waals surface area (Å²) in [4.78, 5) is 12.6. The number of fused-ring (bicyclic) bond motifs is 3. The van der Waals surface area contributed by atoms with Gasteiger partial charge in [-0.1, -0.05) is 0 Å². The number of thiophene rings is 1. The van der Waals surface area contributed by atoms with Gasteiger partial charge in [0, 0.05) is 22.7 Å². The van der Waals surface area contributed by atoms with Crippen molar-refractivity contribution < 1.29 is 9.90 Å². The first-order valence-corrected chi connectivity index (χ1v) is 6.86. The van der Waals surface area contributed by atoms with E-state index in [0.717, 1.165) is 41.1 Å². The van der Waals surface area contributed by atoms with Gasteiger partial charge in [0.05, 0.1) is 5.69 Å². The lowest BCUT2D eigenvalue weighted by Crippen LogP contribution is -2.07. The van der Waals surface area contributed by atoms with Gasteiger partial charge in [0.25, 0.3) is 0 Å². The molecule has 4 nitrogen and oxygen atoms in total. The summed E-state index contributed by atoms with van der Waals surface area (Å²) < 4.78 is 2.04. The van der Waals surface area contributed by atoms with Gasteiger partial charge in [-0.15, -0.1) is 11.3 Å². The Hall–Kier alpha value is -1.62. The number of rotatable bonds is 2. The van der Waals surface area contributed by atoms with Crippen molar-refractivity contribution in [1.29, 1.82) is 0 Å². The summed E-state index contributed by atoms with van der Waals surface area (Å²) >= 11 is 1.37. The molecule has 0 unspecified atom stereocenters. The fraction of sp³-hybridized carbons (Fsp3) is 0.385. The predicted molar refractivity (Wildman–Crippen MR) is 70.3 cm³/mol. The van der Waals surface area contributed by atoms with Gasteiger partial charge in [0.15, 0.2) is 0 Å². The lowest BCUT2D eigenvalue weighted by Gasteiger charge is -2.13. The molecule has 0 amide bonds. The summed E-state index contributed by atoms with van der Waals surface area (Å²) in [7, 11) is 0. The zero-order valence-electron chi connectivity index (χ0n) is 10.4. The Kier molecular flexibility index (Phi) is 2.52. The van der Waals surface area contributed by atoms with E-state index < -0.39 is 5.97 Å². The van der Waals surface area contributed by atoms with Gasteiger partial charge in [-0.25, -0.2) is 4.79 Å². The van der Waals surface area contributed by atoms with Crippen LogP contribution in [-0.4, -0.2) is 20.9 Å². The summed E-state index contributed by atoms with van der Waals surface area (Å²) in [6.45, 7) is 4.95. The summed E-state index contributed by atoms with van der Waals surface area (Å²) in [5.41, 5.74) is 4.58. The van der Waals surface area contributed by atoms with Crippen molar-refractivity contribution in [3.8, 4) is 10.4 Å². The Bertz CT molecular complexity index is 640. The van der Waals surface area contributed by atoms with Crippen molar-refractivity contribution in [3.05, 3.63) is 27.9 Å². The average molecular weight is 262 g/mol. The van der Waals surface area contributed by atoms with Gasteiger partial charge >= 0.3 is 5.97 Å². The maximum Gasteiger partial charge on any atom is 0.345 e. The van der Waals surface area contributed by atoms with Crippen LogP contribution in [0.4, 0.5) is 0 Å². The zero-order chi connectivity index (χ0) is 12.9. The highest BCUT2D eigenvalue weighted by molar-refractivity contribution is 7.17. The number of carboxylic acid groups (broad SMARTS) is 1. The van der Waals surface area contributed by atoms with E-state index in [1.165, 1.54) is 17.0 Å². The van der Waals surface area contributed by atoms with Crippen LogP contribution in [0.25, 0.3) is 10.4 Å². The van der Waals surface area contributed by atoms with Crippen LogP contribution in [0.5, 0.6) is 0 Å². The number of aromatic carboxylic acids is 1. The molecule has 0 aliphatic heterocycles. The van der Waals surface area contributed by atoms with Crippen LogP contribution in [0.1, 0.15) is 33.5 Å². The quantitative estimate of drug-likeness (QED) is 0.905. The van der Waals surface area contributed by atoms with Crippen molar-refractivity contribution in [2.45, 2.75) is 33.2 Å². The Morgan fingerprint density at radius 3 is 3.00 bits per heavy atom. The Morgan fingerprint density at radius 2 is 2.33 bits per heavy atom. The van der Waals surface area contributed by atoms with E-state index in [9.17, 15) is 4.79 Å². The molecule has 0 fully saturated rings. The second-order valence-electron chi connectivity index (χ2n) is 4.49. The third-order valence-electron chi connectivity index (χ3n) is 3.41. The van der Waals surface area contributed by atoms with Crippen LogP contribution in [0.3, 0.4) is 0 Å². The Balaban J connectivity index is 2.22. The topological polar surface area (TPSA) is 55.1 Å². The average Bonchev–Trinajstić information content (AvgIpc) is 2.89. The lowest BCUT2D eigenvalue weighted by atomic mass is 9.95. The molecule has 2 aromatic rings. The van der Waals surface area contributed by atoms with Crippen LogP contribution in [-0.2, 0) is 19.4 Å². The number of carboxylic acids is 1. The van der Waals surface area contributed by atoms with Crippen LogP contribution < -0.4 is 0 Å². The van der Waals surface area contributed by atoms with Gasteiger partial charge in [0.2, 0.25) is 0 Å².